The Kier molecular flexibility index (Phi) is 3.73. The summed E-state index contributed by atoms with van der Waals surface area (Å²) in [6, 6.07) is 1.80. The van der Waals surface area contributed by atoms with E-state index in [-0.39, 0.29) is 23.8 Å². The van der Waals surface area contributed by atoms with Gasteiger partial charge in [0.2, 0.25) is 0 Å². The average molecular weight is 386 g/mol. The fourth-order valence-corrected chi connectivity index (χ4v) is 5.81. The molecular weight excluding hydrogens is 364 g/mol. The summed E-state index contributed by atoms with van der Waals surface area (Å²) in [5.74, 6) is -1.57. The quantitative estimate of drug-likeness (QED) is 0.570. The summed E-state index contributed by atoms with van der Waals surface area (Å²) in [4.78, 5) is 37.6. The summed E-state index contributed by atoms with van der Waals surface area (Å²) >= 11 is 0. The minimum Gasteiger partial charge on any atom is -0.472 e. The number of rotatable bonds is 2. The normalized spacial score (nSPS) is 39.0. The van der Waals surface area contributed by atoms with Crippen LogP contribution in [0.15, 0.2) is 34.2 Å². The van der Waals surface area contributed by atoms with Gasteiger partial charge < -0.3 is 18.6 Å². The van der Waals surface area contributed by atoms with Crippen LogP contribution in [0.4, 0.5) is 0 Å². The fourth-order valence-electron chi connectivity index (χ4n) is 5.81. The number of hydrogen-bond donors (Lipinski definition) is 0. The van der Waals surface area contributed by atoms with E-state index < -0.39 is 29.7 Å². The van der Waals surface area contributed by atoms with Crippen molar-refractivity contribution in [2.75, 3.05) is 0 Å². The van der Waals surface area contributed by atoms with Crippen molar-refractivity contribution in [3.05, 3.63) is 35.3 Å². The van der Waals surface area contributed by atoms with Gasteiger partial charge in [0.25, 0.3) is 0 Å². The van der Waals surface area contributed by atoms with Crippen LogP contribution in [0, 0.1) is 17.3 Å². The highest BCUT2D eigenvalue weighted by Gasteiger charge is 2.68. The van der Waals surface area contributed by atoms with E-state index in [2.05, 4.69) is 0 Å². The third kappa shape index (κ3) is 2.19. The first-order chi connectivity index (χ1) is 13.4. The molecule has 1 aromatic rings. The van der Waals surface area contributed by atoms with E-state index in [1.807, 2.05) is 6.92 Å². The lowest BCUT2D eigenvalue weighted by Crippen LogP contribution is -2.57. The molecule has 1 saturated heterocycles. The highest BCUT2D eigenvalue weighted by atomic mass is 16.6. The largest absolute Gasteiger partial charge is 0.472 e. The second kappa shape index (κ2) is 5.96. The van der Waals surface area contributed by atoms with E-state index in [1.54, 1.807) is 18.6 Å². The van der Waals surface area contributed by atoms with Crippen LogP contribution in [0.3, 0.4) is 0 Å². The lowest BCUT2D eigenvalue weighted by Gasteiger charge is -2.50. The summed E-state index contributed by atoms with van der Waals surface area (Å²) in [5.41, 5.74) is 1.47. The minimum absolute atomic E-state index is 0.140. The molecule has 0 unspecified atom stereocenters. The Labute approximate surface area is 162 Å². The molecule has 2 aliphatic carbocycles. The Morgan fingerprint density at radius 1 is 1.29 bits per heavy atom. The first kappa shape index (κ1) is 17.5. The van der Waals surface area contributed by atoms with E-state index in [4.69, 9.17) is 18.6 Å². The summed E-state index contributed by atoms with van der Waals surface area (Å²) in [6.45, 7) is 3.24. The van der Waals surface area contributed by atoms with Crippen LogP contribution in [-0.2, 0) is 28.6 Å². The predicted octanol–water partition coefficient (Wildman–Crippen LogP) is 2.86. The molecule has 2 fully saturated rings. The van der Waals surface area contributed by atoms with Crippen LogP contribution in [0.5, 0.6) is 0 Å². The third-order valence-corrected chi connectivity index (χ3v) is 7.03. The maximum absolute atomic E-state index is 13.3. The zero-order valence-corrected chi connectivity index (χ0v) is 15.8. The molecule has 5 rings (SSSR count). The van der Waals surface area contributed by atoms with Crippen molar-refractivity contribution in [3.8, 4) is 0 Å². The molecule has 1 spiro atoms. The van der Waals surface area contributed by atoms with Gasteiger partial charge in [-0.3, -0.25) is 9.59 Å². The summed E-state index contributed by atoms with van der Waals surface area (Å²) < 4.78 is 22.2. The highest BCUT2D eigenvalue weighted by Crippen LogP contribution is 2.63. The van der Waals surface area contributed by atoms with Gasteiger partial charge >= 0.3 is 17.9 Å². The predicted molar refractivity (Wildman–Crippen MR) is 93.6 cm³/mol. The zero-order valence-electron chi connectivity index (χ0n) is 15.8. The van der Waals surface area contributed by atoms with Gasteiger partial charge in [0, 0.05) is 36.3 Å². The van der Waals surface area contributed by atoms with Crippen LogP contribution in [-0.4, -0.2) is 30.1 Å². The van der Waals surface area contributed by atoms with Crippen LogP contribution < -0.4 is 0 Å². The number of hydrogen-bond acceptors (Lipinski definition) is 7. The zero-order chi connectivity index (χ0) is 19.6. The molecule has 0 amide bonds. The second-order valence-electron chi connectivity index (χ2n) is 8.26. The lowest BCUT2D eigenvalue weighted by molar-refractivity contribution is -0.180. The van der Waals surface area contributed by atoms with Gasteiger partial charge in [-0.2, -0.15) is 0 Å². The molecule has 0 aromatic carbocycles. The molecule has 7 heteroatoms. The first-order valence-electron chi connectivity index (χ1n) is 9.77. The summed E-state index contributed by atoms with van der Waals surface area (Å²) in [6.07, 6.45) is 4.15. The van der Waals surface area contributed by atoms with Gasteiger partial charge in [0.05, 0.1) is 17.9 Å². The molecule has 28 heavy (non-hydrogen) atoms. The van der Waals surface area contributed by atoms with Crippen molar-refractivity contribution in [2.45, 2.75) is 57.8 Å². The van der Waals surface area contributed by atoms with Gasteiger partial charge in [-0.25, -0.2) is 4.79 Å². The SMILES string of the molecule is CC(=O)O[C@H]1[C@@H](C)[C@]2(C[C@@H](c3ccoc3)OC2=O)[C@H]2CCCC3=C2[C@@H]1OC3=O. The smallest absolute Gasteiger partial charge is 0.334 e. The topological polar surface area (TPSA) is 92.0 Å². The first-order valence-corrected chi connectivity index (χ1v) is 9.77. The molecule has 2 aliphatic heterocycles. The van der Waals surface area contributed by atoms with Crippen molar-refractivity contribution in [1.29, 1.82) is 0 Å². The Morgan fingerprint density at radius 3 is 2.82 bits per heavy atom. The number of fused-ring (bicyclic) bond motifs is 1. The second-order valence-corrected chi connectivity index (χ2v) is 8.26. The molecule has 148 valence electrons. The summed E-state index contributed by atoms with van der Waals surface area (Å²) in [7, 11) is 0. The molecule has 3 heterocycles. The monoisotopic (exact) mass is 386 g/mol. The lowest BCUT2D eigenvalue weighted by atomic mass is 9.53. The maximum atomic E-state index is 13.3. The molecule has 0 N–H and O–H groups in total. The number of furan rings is 1. The Hall–Kier alpha value is -2.57. The van der Waals surface area contributed by atoms with Crippen LogP contribution in [0.25, 0.3) is 0 Å². The fraction of sp³-hybridized carbons (Fsp3) is 0.571. The van der Waals surface area contributed by atoms with E-state index in [9.17, 15) is 14.4 Å². The number of ether oxygens (including phenoxy) is 3. The van der Waals surface area contributed by atoms with Gasteiger partial charge in [-0.1, -0.05) is 6.92 Å². The molecule has 4 aliphatic rings. The maximum Gasteiger partial charge on any atom is 0.334 e. The Morgan fingerprint density at radius 2 is 2.11 bits per heavy atom. The van der Waals surface area contributed by atoms with Crippen LogP contribution in [0.2, 0.25) is 0 Å². The van der Waals surface area contributed by atoms with E-state index in [0.29, 0.717) is 18.4 Å². The number of cyclic esters (lactones) is 1. The number of carbonyl (C=O) groups is 3. The minimum atomic E-state index is -0.854. The number of carbonyl (C=O) groups excluding carboxylic acids is 3. The number of esters is 3. The molecular formula is C21H22O7. The van der Waals surface area contributed by atoms with Crippen molar-refractivity contribution < 1.29 is 33.0 Å². The Bertz CT molecular complexity index is 883. The van der Waals surface area contributed by atoms with E-state index >= 15 is 0 Å². The molecule has 1 saturated carbocycles. The Balaban J connectivity index is 1.63. The standard InChI is InChI=1S/C21H22O7/c1-10-17(26-11(2)22)18-16-13(19(23)28-18)4-3-5-14(16)21(10)8-15(27-20(21)24)12-6-7-25-9-12/h6-7,9-10,14-15,17-18H,3-5,8H2,1-2H3/t10-,14+,15+,17+,18+,21-/m1/s1. The molecule has 0 bridgehead atoms. The van der Waals surface area contributed by atoms with Gasteiger partial charge in [-0.05, 0) is 30.9 Å². The van der Waals surface area contributed by atoms with E-state index in [1.165, 1.54) is 6.92 Å². The third-order valence-electron chi connectivity index (χ3n) is 7.03. The highest BCUT2D eigenvalue weighted by molar-refractivity contribution is 5.94. The van der Waals surface area contributed by atoms with E-state index in [0.717, 1.165) is 24.0 Å². The van der Waals surface area contributed by atoms with Gasteiger partial charge in [0.1, 0.15) is 12.2 Å². The molecule has 6 atom stereocenters. The van der Waals surface area contributed by atoms with Crippen molar-refractivity contribution in [1.82, 2.24) is 0 Å². The molecule has 0 radical (unpaired) electrons. The summed E-state index contributed by atoms with van der Waals surface area (Å²) in [5, 5.41) is 0. The molecule has 7 nitrogen and oxygen atoms in total. The van der Waals surface area contributed by atoms with Crippen LogP contribution in [0.1, 0.15) is 51.2 Å². The van der Waals surface area contributed by atoms with Gasteiger partial charge in [-0.15, -0.1) is 0 Å². The molecule has 1 aromatic heterocycles. The van der Waals surface area contributed by atoms with Crippen molar-refractivity contribution in [2.24, 2.45) is 17.3 Å². The van der Waals surface area contributed by atoms with Gasteiger partial charge in [0.15, 0.2) is 6.10 Å². The van der Waals surface area contributed by atoms with Crippen LogP contribution >= 0.6 is 0 Å². The van der Waals surface area contributed by atoms with Crippen molar-refractivity contribution >= 4 is 17.9 Å². The average Bonchev–Trinajstić information content (AvgIpc) is 3.37. The van der Waals surface area contributed by atoms with Crippen molar-refractivity contribution in [3.63, 3.8) is 0 Å².